The monoisotopic (exact) mass is 890 g/mol. The quantitative estimate of drug-likeness (QED) is 0.0444. The van der Waals surface area contributed by atoms with Gasteiger partial charge in [0, 0.05) is 51.9 Å². The third kappa shape index (κ3) is 35.7. The van der Waals surface area contributed by atoms with Gasteiger partial charge in [0.25, 0.3) is 0 Å². The molecule has 370 valence electrons. The van der Waals surface area contributed by atoms with Crippen LogP contribution in [0.15, 0.2) is 0 Å². The van der Waals surface area contributed by atoms with E-state index in [1.807, 2.05) is 16.7 Å². The third-order valence-electron chi connectivity index (χ3n) is 13.2. The zero-order valence-corrected chi connectivity index (χ0v) is 42.2. The second-order valence-electron chi connectivity index (χ2n) is 19.0. The van der Waals surface area contributed by atoms with Gasteiger partial charge in [0.15, 0.2) is 0 Å². The standard InChI is InChI=1S/C54H103N3O6/c1-5-9-12-15-18-27-36-49-62-53(60)40-30-23-19-25-33-42-55(44-35-32-39-52(59)57-47-45-56(46-48-57)51(58)8-4)43-34-26-20-24-31-41-54(61)63-50(37-28-21-16-13-10-6-2)38-29-22-17-14-11-7-3/h50H,5-49H2,1-4H3. The number of hydrogen-bond donors (Lipinski definition) is 0. The molecule has 1 fully saturated rings. The molecule has 0 spiro atoms. The third-order valence-corrected chi connectivity index (χ3v) is 13.2. The molecule has 0 atom stereocenters. The number of esters is 2. The number of ether oxygens (including phenoxy) is 2. The fourth-order valence-electron chi connectivity index (χ4n) is 8.93. The van der Waals surface area contributed by atoms with Crippen LogP contribution in [0.3, 0.4) is 0 Å². The molecule has 9 nitrogen and oxygen atoms in total. The van der Waals surface area contributed by atoms with Crippen LogP contribution in [-0.2, 0) is 28.7 Å². The van der Waals surface area contributed by atoms with Crippen LogP contribution in [0.25, 0.3) is 0 Å². The van der Waals surface area contributed by atoms with E-state index in [4.69, 9.17) is 9.47 Å². The summed E-state index contributed by atoms with van der Waals surface area (Å²) in [7, 11) is 0. The fraction of sp³-hybridized carbons (Fsp3) is 0.926. The van der Waals surface area contributed by atoms with E-state index in [0.29, 0.717) is 58.5 Å². The van der Waals surface area contributed by atoms with Crippen LogP contribution in [0.4, 0.5) is 0 Å². The van der Waals surface area contributed by atoms with Gasteiger partial charge in [-0.05, 0) is 90.3 Å². The SMILES string of the molecule is CCCCCCCCCOC(=O)CCCCCCCN(CCCCCCCC(=O)OC(CCCCCCCC)CCCCCCCC)CCCCC(=O)N1CCN(C(=O)CC)CC1. The number of carbonyl (C=O) groups is 4. The van der Waals surface area contributed by atoms with Crippen molar-refractivity contribution >= 4 is 23.8 Å². The smallest absolute Gasteiger partial charge is 0.306 e. The molecule has 1 heterocycles. The highest BCUT2D eigenvalue weighted by Crippen LogP contribution is 2.19. The van der Waals surface area contributed by atoms with Gasteiger partial charge in [-0.2, -0.15) is 0 Å². The summed E-state index contributed by atoms with van der Waals surface area (Å²) in [6.45, 7) is 15.0. The van der Waals surface area contributed by atoms with E-state index in [9.17, 15) is 19.2 Å². The summed E-state index contributed by atoms with van der Waals surface area (Å²) in [6, 6.07) is 0. The van der Waals surface area contributed by atoms with Gasteiger partial charge < -0.3 is 24.2 Å². The lowest BCUT2D eigenvalue weighted by molar-refractivity contribution is -0.150. The molecule has 0 aromatic rings. The molecule has 1 aliphatic heterocycles. The Morgan fingerprint density at radius 1 is 0.413 bits per heavy atom. The van der Waals surface area contributed by atoms with Crippen LogP contribution in [0.2, 0.25) is 0 Å². The van der Waals surface area contributed by atoms with Gasteiger partial charge >= 0.3 is 11.9 Å². The first-order chi connectivity index (χ1) is 30.8. The Hall–Kier alpha value is -2.16. The van der Waals surface area contributed by atoms with Crippen molar-refractivity contribution in [1.82, 2.24) is 14.7 Å². The summed E-state index contributed by atoms with van der Waals surface area (Å²) in [5.74, 6) is 0.374. The Kier molecular flexibility index (Phi) is 40.8. The van der Waals surface area contributed by atoms with Gasteiger partial charge in [-0.3, -0.25) is 19.2 Å². The van der Waals surface area contributed by atoms with Gasteiger partial charge in [0.2, 0.25) is 11.8 Å². The van der Waals surface area contributed by atoms with Gasteiger partial charge in [-0.1, -0.05) is 169 Å². The van der Waals surface area contributed by atoms with E-state index >= 15 is 0 Å². The summed E-state index contributed by atoms with van der Waals surface area (Å²) < 4.78 is 11.6. The molecule has 0 saturated carbocycles. The van der Waals surface area contributed by atoms with Gasteiger partial charge in [0.05, 0.1) is 6.61 Å². The van der Waals surface area contributed by atoms with E-state index in [2.05, 4.69) is 25.7 Å². The first-order valence-electron chi connectivity index (χ1n) is 27.5. The molecule has 0 aromatic heterocycles. The van der Waals surface area contributed by atoms with Crippen molar-refractivity contribution in [3.63, 3.8) is 0 Å². The summed E-state index contributed by atoms with van der Waals surface area (Å²) >= 11 is 0. The highest BCUT2D eigenvalue weighted by atomic mass is 16.5. The molecular formula is C54H103N3O6. The largest absolute Gasteiger partial charge is 0.466 e. The molecule has 0 radical (unpaired) electrons. The van der Waals surface area contributed by atoms with Crippen molar-refractivity contribution in [3.05, 3.63) is 0 Å². The van der Waals surface area contributed by atoms with Crippen molar-refractivity contribution in [2.24, 2.45) is 0 Å². The minimum absolute atomic E-state index is 0.00853. The highest BCUT2D eigenvalue weighted by Gasteiger charge is 2.23. The summed E-state index contributed by atoms with van der Waals surface area (Å²) in [5, 5.41) is 0. The van der Waals surface area contributed by atoms with E-state index in [-0.39, 0.29) is 29.9 Å². The summed E-state index contributed by atoms with van der Waals surface area (Å²) in [6.07, 6.45) is 41.0. The minimum atomic E-state index is -0.0364. The molecular weight excluding hydrogens is 787 g/mol. The number of nitrogens with zero attached hydrogens (tertiary/aromatic N) is 3. The Labute approximate surface area is 389 Å². The Morgan fingerprint density at radius 2 is 0.778 bits per heavy atom. The number of rotatable bonds is 45. The fourth-order valence-corrected chi connectivity index (χ4v) is 8.93. The molecule has 1 saturated heterocycles. The first-order valence-corrected chi connectivity index (χ1v) is 27.5. The Balaban J connectivity index is 2.41. The molecule has 0 bridgehead atoms. The second kappa shape index (κ2) is 43.7. The average Bonchev–Trinajstić information content (AvgIpc) is 3.29. The second-order valence-corrected chi connectivity index (χ2v) is 19.0. The maximum atomic E-state index is 13.0. The molecule has 2 amide bonds. The van der Waals surface area contributed by atoms with Crippen LogP contribution < -0.4 is 0 Å². The average molecular weight is 890 g/mol. The van der Waals surface area contributed by atoms with E-state index in [1.54, 1.807) is 0 Å². The normalized spacial score (nSPS) is 13.0. The molecule has 9 heteroatoms. The maximum absolute atomic E-state index is 13.0. The van der Waals surface area contributed by atoms with Crippen LogP contribution in [0, 0.1) is 0 Å². The van der Waals surface area contributed by atoms with Crippen molar-refractivity contribution in [3.8, 4) is 0 Å². The zero-order valence-electron chi connectivity index (χ0n) is 42.2. The molecule has 0 aromatic carbocycles. The van der Waals surface area contributed by atoms with Gasteiger partial charge in [0.1, 0.15) is 6.10 Å². The predicted molar refractivity (Wildman–Crippen MR) is 264 cm³/mol. The minimum Gasteiger partial charge on any atom is -0.466 e. The van der Waals surface area contributed by atoms with Gasteiger partial charge in [-0.25, -0.2) is 0 Å². The van der Waals surface area contributed by atoms with Gasteiger partial charge in [-0.15, -0.1) is 0 Å². The van der Waals surface area contributed by atoms with Crippen molar-refractivity contribution < 1.29 is 28.7 Å². The number of amides is 2. The van der Waals surface area contributed by atoms with Crippen LogP contribution in [0.5, 0.6) is 0 Å². The predicted octanol–water partition coefficient (Wildman–Crippen LogP) is 13.9. The van der Waals surface area contributed by atoms with Crippen molar-refractivity contribution in [2.75, 3.05) is 52.4 Å². The summed E-state index contributed by atoms with van der Waals surface area (Å²) in [5.41, 5.74) is 0. The van der Waals surface area contributed by atoms with E-state index < -0.39 is 0 Å². The van der Waals surface area contributed by atoms with Crippen LogP contribution >= 0.6 is 0 Å². The lowest BCUT2D eigenvalue weighted by Gasteiger charge is -2.34. The number of piperazine rings is 1. The van der Waals surface area contributed by atoms with Crippen molar-refractivity contribution in [2.45, 2.75) is 271 Å². The number of unbranched alkanes of at least 4 members (excludes halogenated alkanes) is 25. The summed E-state index contributed by atoms with van der Waals surface area (Å²) in [4.78, 5) is 56.5. The van der Waals surface area contributed by atoms with E-state index in [1.165, 1.54) is 122 Å². The zero-order chi connectivity index (χ0) is 45.9. The molecule has 1 rings (SSSR count). The molecule has 0 unspecified atom stereocenters. The number of hydrogen-bond acceptors (Lipinski definition) is 7. The van der Waals surface area contributed by atoms with Crippen molar-refractivity contribution in [1.29, 1.82) is 0 Å². The van der Waals surface area contributed by atoms with Crippen LogP contribution in [0.1, 0.15) is 265 Å². The topological polar surface area (TPSA) is 96.5 Å². The molecule has 63 heavy (non-hydrogen) atoms. The van der Waals surface area contributed by atoms with Crippen LogP contribution in [-0.4, -0.2) is 97.0 Å². The lowest BCUT2D eigenvalue weighted by atomic mass is 10.0. The molecule has 0 N–H and O–H groups in total. The molecule has 1 aliphatic rings. The molecule has 0 aliphatic carbocycles. The Bertz CT molecular complexity index is 1060. The number of carbonyl (C=O) groups excluding carboxylic acids is 4. The maximum Gasteiger partial charge on any atom is 0.306 e. The first kappa shape index (κ1) is 58.9. The highest BCUT2D eigenvalue weighted by molar-refractivity contribution is 5.78. The lowest BCUT2D eigenvalue weighted by Crippen LogP contribution is -2.50. The Morgan fingerprint density at radius 3 is 1.25 bits per heavy atom. The van der Waals surface area contributed by atoms with E-state index in [0.717, 1.165) is 110 Å².